The van der Waals surface area contributed by atoms with Crippen molar-refractivity contribution >= 4 is 17.7 Å². The second-order valence-corrected chi connectivity index (χ2v) is 3.00. The SMILES string of the molecule is [Li][CH2]C(C)CN(CC)CC. The van der Waals surface area contributed by atoms with E-state index in [-0.39, 0.29) is 0 Å². The minimum absolute atomic E-state index is 0.861. The molecule has 0 aromatic carbocycles. The van der Waals surface area contributed by atoms with Crippen LogP contribution in [-0.4, -0.2) is 42.2 Å². The maximum atomic E-state index is 2.48. The Morgan fingerprint density at radius 1 is 1.30 bits per heavy atom. The van der Waals surface area contributed by atoms with Gasteiger partial charge in [0.25, 0.3) is 0 Å². The zero-order valence-electron chi connectivity index (χ0n) is 7.85. The first kappa shape index (κ1) is 10.6. The van der Waals surface area contributed by atoms with Crippen molar-refractivity contribution in [3.63, 3.8) is 0 Å². The summed E-state index contributed by atoms with van der Waals surface area (Å²) in [6.45, 7) is 10.4. The monoisotopic (exact) mass is 135 g/mol. The summed E-state index contributed by atoms with van der Waals surface area (Å²) in [4.78, 5) is 2.48. The molecule has 0 aliphatic rings. The van der Waals surface area contributed by atoms with Crippen molar-refractivity contribution in [2.24, 2.45) is 5.92 Å². The van der Waals surface area contributed by atoms with E-state index < -0.39 is 0 Å². The number of hydrogen-bond acceptors (Lipinski definition) is 1. The quantitative estimate of drug-likeness (QED) is 0.517. The zero-order chi connectivity index (χ0) is 7.98. The van der Waals surface area contributed by atoms with Crippen LogP contribution >= 0.6 is 0 Å². The molecule has 1 unspecified atom stereocenters. The van der Waals surface area contributed by atoms with E-state index in [4.69, 9.17) is 0 Å². The van der Waals surface area contributed by atoms with Gasteiger partial charge in [-0.05, 0) is 0 Å². The van der Waals surface area contributed by atoms with Gasteiger partial charge in [0.2, 0.25) is 0 Å². The van der Waals surface area contributed by atoms with E-state index in [0.717, 1.165) is 5.92 Å². The van der Waals surface area contributed by atoms with Crippen molar-refractivity contribution in [1.29, 1.82) is 0 Å². The topological polar surface area (TPSA) is 3.24 Å². The third-order valence-corrected chi connectivity index (χ3v) is 2.16. The molecule has 0 saturated carbocycles. The Labute approximate surface area is 74.4 Å². The molecule has 0 spiro atoms. The van der Waals surface area contributed by atoms with Crippen LogP contribution in [0.1, 0.15) is 20.8 Å². The first-order chi connectivity index (χ1) is 4.74. The summed E-state index contributed by atoms with van der Waals surface area (Å²) < 4.78 is 0. The summed E-state index contributed by atoms with van der Waals surface area (Å²) in [6, 6.07) is 0. The van der Waals surface area contributed by atoms with E-state index in [0.29, 0.717) is 0 Å². The van der Waals surface area contributed by atoms with Gasteiger partial charge < -0.3 is 0 Å². The Morgan fingerprint density at radius 3 is 2.10 bits per heavy atom. The number of hydrogen-bond donors (Lipinski definition) is 0. The minimum atomic E-state index is 0.861. The van der Waals surface area contributed by atoms with Gasteiger partial charge in [-0.3, -0.25) is 0 Å². The van der Waals surface area contributed by atoms with E-state index in [1.54, 1.807) is 0 Å². The fourth-order valence-corrected chi connectivity index (χ4v) is 1.05. The summed E-state index contributed by atoms with van der Waals surface area (Å²) in [5.74, 6) is 0.861. The van der Waals surface area contributed by atoms with Crippen molar-refractivity contribution in [2.45, 2.75) is 25.9 Å². The summed E-state index contributed by atoms with van der Waals surface area (Å²) >= 11 is 2.26. The standard InChI is InChI=1S/C8H18N.Li/c1-5-9(6-2)7-8(3)4;/h8H,3,5-7H2,1-2,4H3;. The molecule has 56 valence electrons. The van der Waals surface area contributed by atoms with Gasteiger partial charge in [0.05, 0.1) is 0 Å². The van der Waals surface area contributed by atoms with Crippen molar-refractivity contribution < 1.29 is 0 Å². The molecule has 0 radical (unpaired) electrons. The Morgan fingerprint density at radius 2 is 1.80 bits per heavy atom. The molecule has 0 aromatic rings. The summed E-state index contributed by atoms with van der Waals surface area (Å²) in [5, 5.41) is 1.30. The third kappa shape index (κ3) is 4.39. The molecule has 2 heteroatoms. The first-order valence-corrected chi connectivity index (χ1v) is 4.46. The van der Waals surface area contributed by atoms with Gasteiger partial charge in [-0.15, -0.1) is 0 Å². The van der Waals surface area contributed by atoms with Gasteiger partial charge in [-0.1, -0.05) is 0 Å². The molecule has 0 aliphatic carbocycles. The first-order valence-electron chi connectivity index (χ1n) is 4.46. The van der Waals surface area contributed by atoms with Gasteiger partial charge in [-0.2, -0.15) is 0 Å². The molecule has 10 heavy (non-hydrogen) atoms. The normalized spacial score (nSPS) is 14.2. The van der Waals surface area contributed by atoms with Crippen LogP contribution in [0.25, 0.3) is 0 Å². The average Bonchev–Trinajstić information content (AvgIpc) is 1.99. The van der Waals surface area contributed by atoms with Gasteiger partial charge in [0, 0.05) is 0 Å². The third-order valence-electron chi connectivity index (χ3n) is 2.16. The molecular formula is C8H18LiN. The summed E-state index contributed by atoms with van der Waals surface area (Å²) in [6.07, 6.45) is 0. The van der Waals surface area contributed by atoms with Crippen LogP contribution in [0, 0.1) is 5.92 Å². The Kier molecular flexibility index (Phi) is 6.63. The fraction of sp³-hybridized carbons (Fsp3) is 1.00. The molecule has 0 aliphatic heterocycles. The van der Waals surface area contributed by atoms with Crippen molar-refractivity contribution in [3.05, 3.63) is 0 Å². The van der Waals surface area contributed by atoms with Crippen LogP contribution in [0.2, 0.25) is 5.09 Å². The van der Waals surface area contributed by atoms with Crippen LogP contribution in [0.3, 0.4) is 0 Å². The van der Waals surface area contributed by atoms with E-state index >= 15 is 0 Å². The molecule has 0 fully saturated rings. The molecule has 0 N–H and O–H groups in total. The Bertz CT molecular complexity index is 71.7. The van der Waals surface area contributed by atoms with Gasteiger partial charge in [0.1, 0.15) is 0 Å². The predicted molar refractivity (Wildman–Crippen MR) is 47.5 cm³/mol. The molecule has 0 bridgehead atoms. The Balaban J connectivity index is 3.41. The molecular weight excluding hydrogens is 117 g/mol. The fourth-order valence-electron chi connectivity index (χ4n) is 1.05. The van der Waals surface area contributed by atoms with E-state index in [1.807, 2.05) is 0 Å². The van der Waals surface area contributed by atoms with Crippen LogP contribution in [0.15, 0.2) is 0 Å². The molecule has 0 amide bonds. The Hall–Kier alpha value is 0.557. The zero-order valence-corrected chi connectivity index (χ0v) is 7.85. The molecule has 0 heterocycles. The summed E-state index contributed by atoms with van der Waals surface area (Å²) in [7, 11) is 0. The molecule has 1 atom stereocenters. The second-order valence-electron chi connectivity index (χ2n) is 3.00. The van der Waals surface area contributed by atoms with Crippen LogP contribution in [-0.2, 0) is 0 Å². The van der Waals surface area contributed by atoms with Crippen molar-refractivity contribution in [1.82, 2.24) is 4.90 Å². The van der Waals surface area contributed by atoms with E-state index in [1.165, 1.54) is 24.7 Å². The van der Waals surface area contributed by atoms with Gasteiger partial charge in [-0.25, -0.2) is 0 Å². The predicted octanol–water partition coefficient (Wildman–Crippen LogP) is 1.55. The maximum absolute atomic E-state index is 2.48. The number of nitrogens with zero attached hydrogens (tertiary/aromatic N) is 1. The average molecular weight is 135 g/mol. The van der Waals surface area contributed by atoms with E-state index in [9.17, 15) is 0 Å². The molecule has 0 saturated heterocycles. The van der Waals surface area contributed by atoms with Crippen LogP contribution < -0.4 is 0 Å². The molecule has 0 rings (SSSR count). The van der Waals surface area contributed by atoms with Crippen LogP contribution in [0.4, 0.5) is 0 Å². The van der Waals surface area contributed by atoms with Crippen molar-refractivity contribution in [2.75, 3.05) is 19.6 Å². The van der Waals surface area contributed by atoms with Crippen LogP contribution in [0.5, 0.6) is 0 Å². The molecule has 1 nitrogen and oxygen atoms in total. The second kappa shape index (κ2) is 6.28. The molecule has 0 aromatic heterocycles. The van der Waals surface area contributed by atoms with Gasteiger partial charge in [0.15, 0.2) is 0 Å². The van der Waals surface area contributed by atoms with Gasteiger partial charge >= 0.3 is 74.0 Å². The van der Waals surface area contributed by atoms with E-state index in [2.05, 4.69) is 43.4 Å². The summed E-state index contributed by atoms with van der Waals surface area (Å²) in [5.41, 5.74) is 0. The number of rotatable bonds is 5. The van der Waals surface area contributed by atoms with Crippen molar-refractivity contribution in [3.8, 4) is 0 Å².